The minimum Gasteiger partial charge on any atom is -0.313 e. The van der Waals surface area contributed by atoms with Crippen molar-refractivity contribution in [2.24, 2.45) is 0 Å². The van der Waals surface area contributed by atoms with Crippen LogP contribution in [-0.4, -0.2) is 16.8 Å². The van der Waals surface area contributed by atoms with Crippen molar-refractivity contribution in [3.63, 3.8) is 0 Å². The maximum atomic E-state index is 4.43. The van der Waals surface area contributed by atoms with E-state index in [1.165, 1.54) is 11.3 Å². The van der Waals surface area contributed by atoms with E-state index in [9.17, 15) is 0 Å². The Hall–Kier alpha value is -0.830. The van der Waals surface area contributed by atoms with Gasteiger partial charge in [0.1, 0.15) is 0 Å². The van der Waals surface area contributed by atoms with Gasteiger partial charge in [0.05, 0.1) is 6.20 Å². The minimum absolute atomic E-state index is 0.387. The predicted octanol–water partition coefficient (Wildman–Crippen LogP) is 2.31. The number of nitrogens with zero attached hydrogens (tertiary/aromatic N) is 2. The fourth-order valence-electron chi connectivity index (χ4n) is 1.73. The minimum atomic E-state index is 0.387. The lowest BCUT2D eigenvalue weighted by Crippen LogP contribution is -2.15. The van der Waals surface area contributed by atoms with Gasteiger partial charge in [-0.25, -0.2) is 0 Å². The fraction of sp³-hybridized carbons (Fsp3) is 0.727. The Kier molecular flexibility index (Phi) is 3.69. The SMILES string of the molecule is CCc1c(C(C)NC)cnn1C(C)C. The Morgan fingerprint density at radius 3 is 2.50 bits per heavy atom. The molecule has 0 radical (unpaired) electrons. The van der Waals surface area contributed by atoms with Crippen LogP contribution in [0.4, 0.5) is 0 Å². The third-order valence-electron chi connectivity index (χ3n) is 2.65. The van der Waals surface area contributed by atoms with Crippen molar-refractivity contribution >= 4 is 0 Å². The normalized spacial score (nSPS) is 13.6. The molecule has 3 heteroatoms. The van der Waals surface area contributed by atoms with Crippen LogP contribution < -0.4 is 5.32 Å². The van der Waals surface area contributed by atoms with Gasteiger partial charge in [-0.05, 0) is 34.2 Å². The molecule has 1 aromatic rings. The van der Waals surface area contributed by atoms with Crippen molar-refractivity contribution in [3.05, 3.63) is 17.5 Å². The lowest BCUT2D eigenvalue weighted by molar-refractivity contribution is 0.508. The highest BCUT2D eigenvalue weighted by molar-refractivity contribution is 5.21. The lowest BCUT2D eigenvalue weighted by Gasteiger charge is -2.14. The summed E-state index contributed by atoms with van der Waals surface area (Å²) in [7, 11) is 1.98. The summed E-state index contributed by atoms with van der Waals surface area (Å²) in [5, 5.41) is 7.69. The van der Waals surface area contributed by atoms with Crippen LogP contribution in [0.1, 0.15) is 51.0 Å². The second-order valence-electron chi connectivity index (χ2n) is 3.95. The zero-order chi connectivity index (χ0) is 10.7. The van der Waals surface area contributed by atoms with Crippen molar-refractivity contribution < 1.29 is 0 Å². The number of aromatic nitrogens is 2. The molecule has 3 nitrogen and oxygen atoms in total. The van der Waals surface area contributed by atoms with Crippen LogP contribution in [0.5, 0.6) is 0 Å². The van der Waals surface area contributed by atoms with E-state index in [-0.39, 0.29) is 0 Å². The van der Waals surface area contributed by atoms with Gasteiger partial charge in [-0.3, -0.25) is 4.68 Å². The third kappa shape index (κ3) is 1.98. The van der Waals surface area contributed by atoms with Gasteiger partial charge in [0.25, 0.3) is 0 Å². The van der Waals surface area contributed by atoms with E-state index in [1.54, 1.807) is 0 Å². The second-order valence-corrected chi connectivity index (χ2v) is 3.95. The van der Waals surface area contributed by atoms with Gasteiger partial charge in [-0.1, -0.05) is 6.92 Å². The molecule has 0 aliphatic heterocycles. The first-order chi connectivity index (χ1) is 6.61. The molecule has 0 amide bonds. The highest BCUT2D eigenvalue weighted by Gasteiger charge is 2.14. The molecule has 0 aliphatic rings. The topological polar surface area (TPSA) is 29.9 Å². The van der Waals surface area contributed by atoms with E-state index in [4.69, 9.17) is 0 Å². The zero-order valence-corrected chi connectivity index (χ0v) is 9.83. The predicted molar refractivity (Wildman–Crippen MR) is 59.5 cm³/mol. The van der Waals surface area contributed by atoms with Gasteiger partial charge in [-0.2, -0.15) is 5.10 Å². The summed E-state index contributed by atoms with van der Waals surface area (Å²) in [6.45, 7) is 8.68. The molecule has 80 valence electrons. The average molecular weight is 195 g/mol. The third-order valence-corrected chi connectivity index (χ3v) is 2.65. The highest BCUT2D eigenvalue weighted by Crippen LogP contribution is 2.20. The molecule has 1 rings (SSSR count). The lowest BCUT2D eigenvalue weighted by atomic mass is 10.1. The maximum absolute atomic E-state index is 4.43. The average Bonchev–Trinajstić information content (AvgIpc) is 2.59. The summed E-state index contributed by atoms with van der Waals surface area (Å²) in [5.74, 6) is 0. The molecule has 0 saturated heterocycles. The number of hydrogen-bond acceptors (Lipinski definition) is 2. The number of nitrogens with one attached hydrogen (secondary N) is 1. The van der Waals surface area contributed by atoms with Gasteiger partial charge in [0.2, 0.25) is 0 Å². The quantitative estimate of drug-likeness (QED) is 0.799. The Morgan fingerprint density at radius 2 is 2.07 bits per heavy atom. The summed E-state index contributed by atoms with van der Waals surface area (Å²) in [6, 6.07) is 0.834. The molecule has 14 heavy (non-hydrogen) atoms. The van der Waals surface area contributed by atoms with Crippen LogP contribution in [0.15, 0.2) is 6.20 Å². The van der Waals surface area contributed by atoms with Crippen LogP contribution in [0.3, 0.4) is 0 Å². The van der Waals surface area contributed by atoms with Crippen LogP contribution in [0.25, 0.3) is 0 Å². The van der Waals surface area contributed by atoms with Gasteiger partial charge >= 0.3 is 0 Å². The molecule has 0 fully saturated rings. The van der Waals surface area contributed by atoms with Crippen LogP contribution in [0.2, 0.25) is 0 Å². The summed E-state index contributed by atoms with van der Waals surface area (Å²) in [6.07, 6.45) is 3.03. The summed E-state index contributed by atoms with van der Waals surface area (Å²) >= 11 is 0. The molecule has 0 bridgehead atoms. The number of rotatable bonds is 4. The molecule has 1 N–H and O–H groups in total. The first kappa shape index (κ1) is 11.2. The maximum Gasteiger partial charge on any atom is 0.0540 e. The molecular formula is C11H21N3. The Balaban J connectivity index is 3.07. The Morgan fingerprint density at radius 1 is 1.43 bits per heavy atom. The molecule has 1 atom stereocenters. The van der Waals surface area contributed by atoms with Crippen LogP contribution >= 0.6 is 0 Å². The van der Waals surface area contributed by atoms with Gasteiger partial charge < -0.3 is 5.32 Å². The first-order valence-electron chi connectivity index (χ1n) is 5.35. The van der Waals surface area contributed by atoms with Crippen molar-refractivity contribution in [1.29, 1.82) is 0 Å². The van der Waals surface area contributed by atoms with E-state index in [2.05, 4.69) is 42.8 Å². The van der Waals surface area contributed by atoms with Crippen molar-refractivity contribution in [3.8, 4) is 0 Å². The van der Waals surface area contributed by atoms with E-state index < -0.39 is 0 Å². The first-order valence-corrected chi connectivity index (χ1v) is 5.35. The van der Waals surface area contributed by atoms with Gasteiger partial charge in [-0.15, -0.1) is 0 Å². The van der Waals surface area contributed by atoms with E-state index in [0.717, 1.165) is 6.42 Å². The van der Waals surface area contributed by atoms with Crippen molar-refractivity contribution in [2.45, 2.75) is 46.2 Å². The zero-order valence-electron chi connectivity index (χ0n) is 9.83. The van der Waals surface area contributed by atoms with Gasteiger partial charge in [0.15, 0.2) is 0 Å². The Labute approximate surface area is 86.5 Å². The van der Waals surface area contributed by atoms with Crippen LogP contribution in [-0.2, 0) is 6.42 Å². The molecule has 1 aromatic heterocycles. The highest BCUT2D eigenvalue weighted by atomic mass is 15.3. The van der Waals surface area contributed by atoms with Crippen molar-refractivity contribution in [1.82, 2.24) is 15.1 Å². The van der Waals surface area contributed by atoms with E-state index in [1.807, 2.05) is 13.2 Å². The molecule has 1 heterocycles. The standard InChI is InChI=1S/C11H21N3/c1-6-11-10(9(4)12-5)7-13-14(11)8(2)3/h7-9,12H,6H2,1-5H3. The van der Waals surface area contributed by atoms with Crippen molar-refractivity contribution in [2.75, 3.05) is 7.05 Å². The van der Waals surface area contributed by atoms with E-state index in [0.29, 0.717) is 12.1 Å². The summed E-state index contributed by atoms with van der Waals surface area (Å²) in [4.78, 5) is 0. The molecule has 0 aromatic carbocycles. The number of hydrogen-bond donors (Lipinski definition) is 1. The summed E-state index contributed by atoms with van der Waals surface area (Å²) < 4.78 is 2.11. The van der Waals surface area contributed by atoms with Gasteiger partial charge in [0, 0.05) is 23.3 Å². The van der Waals surface area contributed by atoms with E-state index >= 15 is 0 Å². The molecule has 0 aliphatic carbocycles. The molecule has 0 saturated carbocycles. The largest absolute Gasteiger partial charge is 0.313 e. The molecule has 1 unspecified atom stereocenters. The van der Waals surface area contributed by atoms with Crippen LogP contribution in [0, 0.1) is 0 Å². The fourth-order valence-corrected chi connectivity index (χ4v) is 1.73. The smallest absolute Gasteiger partial charge is 0.0540 e. The summed E-state index contributed by atoms with van der Waals surface area (Å²) in [5.41, 5.74) is 2.67. The second kappa shape index (κ2) is 4.60. The molecular weight excluding hydrogens is 174 g/mol. The monoisotopic (exact) mass is 195 g/mol. The molecule has 0 spiro atoms. The Bertz CT molecular complexity index is 289.